The molecule has 272 valence electrons. The summed E-state index contributed by atoms with van der Waals surface area (Å²) in [5.74, 6) is 0. The van der Waals surface area contributed by atoms with Crippen molar-refractivity contribution in [1.29, 1.82) is 0 Å². The molecule has 0 aliphatic heterocycles. The summed E-state index contributed by atoms with van der Waals surface area (Å²) in [4.78, 5) is 2.39. The molecule has 0 N–H and O–H groups in total. The monoisotopic (exact) mass is 738 g/mol. The van der Waals surface area contributed by atoms with Crippen LogP contribution in [0, 0.1) is 0 Å². The van der Waals surface area contributed by atoms with Gasteiger partial charge in [0.15, 0.2) is 0 Å². The van der Waals surface area contributed by atoms with E-state index < -0.39 is 0 Å². The van der Waals surface area contributed by atoms with Crippen molar-refractivity contribution in [2.24, 2.45) is 0 Å². The minimum absolute atomic E-state index is 1.10. The second kappa shape index (κ2) is 14.1. The third-order valence-electron chi connectivity index (χ3n) is 11.5. The average molecular weight is 739 g/mol. The highest BCUT2D eigenvalue weighted by atomic mass is 15.1. The van der Waals surface area contributed by atoms with Crippen LogP contribution in [0.2, 0.25) is 0 Å². The van der Waals surface area contributed by atoms with Crippen molar-refractivity contribution in [1.82, 2.24) is 4.57 Å². The minimum Gasteiger partial charge on any atom is -0.310 e. The normalized spacial score (nSPS) is 11.4. The molecule has 1 heterocycles. The molecule has 11 rings (SSSR count). The van der Waals surface area contributed by atoms with Crippen molar-refractivity contribution in [3.63, 3.8) is 0 Å². The van der Waals surface area contributed by atoms with Gasteiger partial charge in [0, 0.05) is 33.5 Å². The zero-order valence-electron chi connectivity index (χ0n) is 31.8. The van der Waals surface area contributed by atoms with Crippen molar-refractivity contribution in [2.45, 2.75) is 0 Å². The molecule has 0 aliphatic rings. The number of aromatic nitrogens is 1. The first-order valence-corrected chi connectivity index (χ1v) is 19.9. The lowest BCUT2D eigenvalue weighted by molar-refractivity contribution is 1.18. The lowest BCUT2D eigenvalue weighted by atomic mass is 9.97. The van der Waals surface area contributed by atoms with E-state index in [4.69, 9.17) is 0 Å². The molecule has 2 heteroatoms. The van der Waals surface area contributed by atoms with Crippen LogP contribution < -0.4 is 4.90 Å². The number of nitrogens with zero attached hydrogens (tertiary/aromatic N) is 2. The van der Waals surface area contributed by atoms with Gasteiger partial charge in [-0.1, -0.05) is 164 Å². The van der Waals surface area contributed by atoms with Gasteiger partial charge in [-0.2, -0.15) is 0 Å². The summed E-state index contributed by atoms with van der Waals surface area (Å²) in [6.45, 7) is 0. The van der Waals surface area contributed by atoms with Gasteiger partial charge < -0.3 is 9.47 Å². The molecule has 10 aromatic carbocycles. The number of hydrogen-bond donors (Lipinski definition) is 0. The Hall–Kier alpha value is -7.68. The van der Waals surface area contributed by atoms with E-state index in [0.717, 1.165) is 22.7 Å². The first-order chi connectivity index (χ1) is 28.7. The zero-order valence-corrected chi connectivity index (χ0v) is 31.8. The first kappa shape index (κ1) is 33.6. The zero-order chi connectivity index (χ0) is 38.4. The smallest absolute Gasteiger partial charge is 0.0547 e. The molecule has 11 aromatic rings. The van der Waals surface area contributed by atoms with E-state index in [1.54, 1.807) is 0 Å². The highest BCUT2D eigenvalue weighted by molar-refractivity contribution is 6.18. The second-order valence-corrected chi connectivity index (χ2v) is 15.0. The van der Waals surface area contributed by atoms with E-state index in [-0.39, 0.29) is 0 Å². The maximum absolute atomic E-state index is 2.42. The van der Waals surface area contributed by atoms with Crippen molar-refractivity contribution in [2.75, 3.05) is 4.90 Å². The van der Waals surface area contributed by atoms with E-state index in [9.17, 15) is 0 Å². The van der Waals surface area contributed by atoms with Crippen LogP contribution in [-0.4, -0.2) is 4.57 Å². The molecule has 0 bridgehead atoms. The maximum atomic E-state index is 2.42. The summed E-state index contributed by atoms with van der Waals surface area (Å²) < 4.78 is 2.42. The largest absolute Gasteiger partial charge is 0.310 e. The Kier molecular flexibility index (Phi) is 8.19. The number of benzene rings is 10. The van der Waals surface area contributed by atoms with Crippen LogP contribution in [-0.2, 0) is 0 Å². The molecular weight excluding hydrogens is 701 g/mol. The molecule has 0 aliphatic carbocycles. The quantitative estimate of drug-likeness (QED) is 0.158. The molecule has 0 unspecified atom stereocenters. The predicted octanol–water partition coefficient (Wildman–Crippen LogP) is 15.6. The molecule has 2 nitrogen and oxygen atoms in total. The molecule has 1 aromatic heterocycles. The Bertz CT molecular complexity index is 3250. The number of para-hydroxylation sites is 1. The number of hydrogen-bond acceptors (Lipinski definition) is 1. The summed E-state index contributed by atoms with van der Waals surface area (Å²) in [5.41, 5.74) is 14.1. The lowest BCUT2D eigenvalue weighted by Crippen LogP contribution is -2.10. The van der Waals surface area contributed by atoms with E-state index >= 15 is 0 Å². The Labute approximate surface area is 338 Å². The van der Waals surface area contributed by atoms with E-state index in [0.29, 0.717) is 0 Å². The third-order valence-corrected chi connectivity index (χ3v) is 11.5. The molecule has 0 spiro atoms. The van der Waals surface area contributed by atoms with Gasteiger partial charge in [0.2, 0.25) is 0 Å². The summed E-state index contributed by atoms with van der Waals surface area (Å²) in [6.07, 6.45) is 0. The molecule has 0 saturated carbocycles. The molecule has 0 amide bonds. The Morgan fingerprint density at radius 3 is 1.52 bits per heavy atom. The summed E-state index contributed by atoms with van der Waals surface area (Å²) >= 11 is 0. The topological polar surface area (TPSA) is 8.17 Å². The average Bonchev–Trinajstić information content (AvgIpc) is 3.62. The van der Waals surface area contributed by atoms with Crippen LogP contribution in [0.15, 0.2) is 231 Å². The van der Waals surface area contributed by atoms with E-state index in [1.807, 2.05) is 0 Å². The molecule has 0 fully saturated rings. The molecule has 0 atom stereocenters. The molecular formula is C56H38N2. The SMILES string of the molecule is c1ccc(-c2ccc(-c3ccc(N(c4cccc(-c5cccc6c5c5cc7ccccc7cc5n6-c5ccccc5)c4)c4ccc5ccccc5c4)cc3)cc2)cc1. The van der Waals surface area contributed by atoms with Crippen LogP contribution in [0.25, 0.3) is 82.4 Å². The van der Waals surface area contributed by atoms with Crippen molar-refractivity contribution < 1.29 is 0 Å². The molecule has 0 radical (unpaired) electrons. The summed E-state index contributed by atoms with van der Waals surface area (Å²) in [6, 6.07) is 83.7. The number of fused-ring (bicyclic) bond motifs is 5. The lowest BCUT2D eigenvalue weighted by Gasteiger charge is -2.26. The first-order valence-electron chi connectivity index (χ1n) is 19.9. The van der Waals surface area contributed by atoms with Crippen LogP contribution in [0.1, 0.15) is 0 Å². The molecule has 0 saturated heterocycles. The fraction of sp³-hybridized carbons (Fsp3) is 0. The minimum atomic E-state index is 1.10. The van der Waals surface area contributed by atoms with Gasteiger partial charge >= 0.3 is 0 Å². The Morgan fingerprint density at radius 2 is 0.810 bits per heavy atom. The van der Waals surface area contributed by atoms with Gasteiger partial charge in [0.25, 0.3) is 0 Å². The second-order valence-electron chi connectivity index (χ2n) is 15.0. The van der Waals surface area contributed by atoms with Crippen molar-refractivity contribution >= 4 is 60.4 Å². The van der Waals surface area contributed by atoms with Crippen molar-refractivity contribution in [3.8, 4) is 39.1 Å². The number of rotatable bonds is 7. The summed E-state index contributed by atoms with van der Waals surface area (Å²) in [5, 5.41) is 7.41. The van der Waals surface area contributed by atoms with Gasteiger partial charge in [-0.3, -0.25) is 0 Å². The third kappa shape index (κ3) is 5.91. The van der Waals surface area contributed by atoms with Gasteiger partial charge in [0.1, 0.15) is 0 Å². The van der Waals surface area contributed by atoms with Gasteiger partial charge in [-0.15, -0.1) is 0 Å². The van der Waals surface area contributed by atoms with Crippen molar-refractivity contribution in [3.05, 3.63) is 231 Å². The van der Waals surface area contributed by atoms with Crippen LogP contribution in [0.3, 0.4) is 0 Å². The Morgan fingerprint density at radius 1 is 0.293 bits per heavy atom. The fourth-order valence-electron chi connectivity index (χ4n) is 8.71. The highest BCUT2D eigenvalue weighted by Crippen LogP contribution is 2.43. The van der Waals surface area contributed by atoms with Gasteiger partial charge in [-0.05, 0) is 122 Å². The van der Waals surface area contributed by atoms with E-state index in [2.05, 4.69) is 240 Å². The van der Waals surface area contributed by atoms with Gasteiger partial charge in [0.05, 0.1) is 11.0 Å². The van der Waals surface area contributed by atoms with Gasteiger partial charge in [-0.25, -0.2) is 0 Å². The maximum Gasteiger partial charge on any atom is 0.0547 e. The fourth-order valence-corrected chi connectivity index (χ4v) is 8.71. The molecule has 58 heavy (non-hydrogen) atoms. The highest BCUT2D eigenvalue weighted by Gasteiger charge is 2.19. The van der Waals surface area contributed by atoms with Crippen LogP contribution in [0.4, 0.5) is 17.1 Å². The van der Waals surface area contributed by atoms with Crippen LogP contribution >= 0.6 is 0 Å². The predicted molar refractivity (Wildman–Crippen MR) is 247 cm³/mol. The summed E-state index contributed by atoms with van der Waals surface area (Å²) in [7, 11) is 0. The Balaban J connectivity index is 1.05. The standard InChI is InChI=1S/C56H38N2/c1-3-13-39(14-4-1)41-25-27-42(28-26-41)43-29-32-49(33-30-43)57(51-34-31-40-15-7-8-16-44(40)35-51)50-22-11-19-47(36-50)52-23-12-24-54-56(52)53-37-45-17-9-10-18-46(45)38-55(53)58(54)48-20-5-2-6-21-48/h1-38H. The van der Waals surface area contributed by atoms with Crippen LogP contribution in [0.5, 0.6) is 0 Å². The van der Waals surface area contributed by atoms with E-state index in [1.165, 1.54) is 76.7 Å². The number of anilines is 3.